The summed E-state index contributed by atoms with van der Waals surface area (Å²) >= 11 is 0. The second-order valence-electron chi connectivity index (χ2n) is 11.6. The van der Waals surface area contributed by atoms with Gasteiger partial charge < -0.3 is 10.1 Å². The Morgan fingerprint density at radius 2 is 0.757 bits per heavy atom. The molecule has 0 aromatic carbocycles. The Bertz CT molecular complexity index is 426. The monoisotopic (exact) mass is 524 g/mol. The number of nitrogens with one attached hydrogen (secondary N) is 1. The highest BCUT2D eigenvalue weighted by Gasteiger charge is 2.02. The molecule has 0 amide bonds. The molecule has 0 saturated carbocycles. The van der Waals surface area contributed by atoms with Crippen LogP contribution in [0.15, 0.2) is 0 Å². The number of hydrogen-bond acceptors (Lipinski definition) is 3. The number of hydrogen-bond donors (Lipinski definition) is 1. The molecule has 0 spiro atoms. The summed E-state index contributed by atoms with van der Waals surface area (Å²) in [5.74, 6) is 0.00493. The molecule has 222 valence electrons. The summed E-state index contributed by atoms with van der Waals surface area (Å²) in [6.07, 6.45) is 37.0. The molecule has 3 heteroatoms. The van der Waals surface area contributed by atoms with Gasteiger partial charge >= 0.3 is 5.97 Å². The predicted octanol–water partition coefficient (Wildman–Crippen LogP) is 11.1. The van der Waals surface area contributed by atoms with Crippen molar-refractivity contribution in [2.75, 3.05) is 19.7 Å². The van der Waals surface area contributed by atoms with E-state index in [1.54, 1.807) is 0 Å². The van der Waals surface area contributed by atoms with Crippen molar-refractivity contribution in [1.82, 2.24) is 5.32 Å². The van der Waals surface area contributed by atoms with Crippen molar-refractivity contribution in [1.29, 1.82) is 0 Å². The normalized spacial score (nSPS) is 11.3. The largest absolute Gasteiger partial charge is 0.466 e. The number of carbonyl (C=O) groups excluding carboxylic acids is 1. The molecule has 0 rings (SSSR count). The van der Waals surface area contributed by atoms with Crippen LogP contribution in [-0.4, -0.2) is 25.7 Å². The lowest BCUT2D eigenvalue weighted by molar-refractivity contribution is -0.143. The molecule has 37 heavy (non-hydrogen) atoms. The standard InChI is InChI=1S/C34H69NO2/c1-3-5-7-9-11-13-15-16-17-18-19-21-23-25-27-31-35-32-28-29-33-37-34(36)30-26-24-22-20-14-12-10-8-6-4-2/h35H,3-33H2,1-2H3. The third kappa shape index (κ3) is 33.4. The maximum absolute atomic E-state index is 11.8. The van der Waals surface area contributed by atoms with Crippen molar-refractivity contribution in [2.24, 2.45) is 0 Å². The molecule has 0 aliphatic rings. The number of rotatable bonds is 32. The second-order valence-corrected chi connectivity index (χ2v) is 11.6. The van der Waals surface area contributed by atoms with E-state index >= 15 is 0 Å². The minimum absolute atomic E-state index is 0.00493. The Hall–Kier alpha value is -0.570. The first-order chi connectivity index (χ1) is 18.3. The first-order valence-corrected chi connectivity index (χ1v) is 17.2. The zero-order valence-electron chi connectivity index (χ0n) is 25.7. The van der Waals surface area contributed by atoms with Gasteiger partial charge in [-0.15, -0.1) is 0 Å². The van der Waals surface area contributed by atoms with Crippen molar-refractivity contribution in [3.05, 3.63) is 0 Å². The van der Waals surface area contributed by atoms with Crippen molar-refractivity contribution < 1.29 is 9.53 Å². The molecular weight excluding hydrogens is 454 g/mol. The van der Waals surface area contributed by atoms with Gasteiger partial charge in [0.25, 0.3) is 0 Å². The fourth-order valence-electron chi connectivity index (χ4n) is 5.11. The molecule has 0 aliphatic carbocycles. The highest BCUT2D eigenvalue weighted by Crippen LogP contribution is 2.14. The molecule has 0 unspecified atom stereocenters. The Morgan fingerprint density at radius 3 is 1.16 bits per heavy atom. The quantitative estimate of drug-likeness (QED) is 0.0703. The molecule has 0 radical (unpaired) electrons. The molecule has 1 N–H and O–H groups in total. The van der Waals surface area contributed by atoms with Crippen molar-refractivity contribution >= 4 is 5.97 Å². The van der Waals surface area contributed by atoms with E-state index in [4.69, 9.17) is 4.74 Å². The molecule has 0 aromatic rings. The first kappa shape index (κ1) is 36.4. The fraction of sp³-hybridized carbons (Fsp3) is 0.971. The van der Waals surface area contributed by atoms with Crippen LogP contribution < -0.4 is 5.32 Å². The van der Waals surface area contributed by atoms with Crippen LogP contribution in [0.5, 0.6) is 0 Å². The lowest BCUT2D eigenvalue weighted by Crippen LogP contribution is -2.17. The maximum atomic E-state index is 11.8. The fourth-order valence-corrected chi connectivity index (χ4v) is 5.11. The van der Waals surface area contributed by atoms with Crippen LogP contribution in [0.2, 0.25) is 0 Å². The van der Waals surface area contributed by atoms with Crippen LogP contribution in [0, 0.1) is 0 Å². The summed E-state index contributed by atoms with van der Waals surface area (Å²) in [7, 11) is 0. The van der Waals surface area contributed by atoms with E-state index in [2.05, 4.69) is 19.2 Å². The number of esters is 1. The number of carbonyl (C=O) groups is 1. The Balaban J connectivity index is 3.12. The SMILES string of the molecule is CCCCCCCCCCCCCCCCCNCCCCOC(=O)CCCCCCCCCCCC. The third-order valence-electron chi connectivity index (χ3n) is 7.70. The molecule has 0 aliphatic heterocycles. The predicted molar refractivity (Wildman–Crippen MR) is 164 cm³/mol. The highest BCUT2D eigenvalue weighted by atomic mass is 16.5. The number of unbranched alkanes of at least 4 members (excludes halogenated alkanes) is 24. The molecule has 0 heterocycles. The van der Waals surface area contributed by atoms with Crippen LogP contribution in [0.25, 0.3) is 0 Å². The summed E-state index contributed by atoms with van der Waals surface area (Å²) in [6.45, 7) is 7.34. The van der Waals surface area contributed by atoms with Crippen LogP contribution in [0.1, 0.15) is 194 Å². The third-order valence-corrected chi connectivity index (χ3v) is 7.70. The molecule has 0 atom stereocenters. The van der Waals surface area contributed by atoms with Gasteiger partial charge in [-0.05, 0) is 38.8 Å². The minimum Gasteiger partial charge on any atom is -0.466 e. The summed E-state index contributed by atoms with van der Waals surface area (Å²) in [5, 5.41) is 3.55. The second kappa shape index (κ2) is 33.5. The Kier molecular flexibility index (Phi) is 32.9. The van der Waals surface area contributed by atoms with Crippen LogP contribution in [-0.2, 0) is 9.53 Å². The minimum atomic E-state index is 0.00493. The maximum Gasteiger partial charge on any atom is 0.305 e. The van der Waals surface area contributed by atoms with Gasteiger partial charge in [-0.3, -0.25) is 4.79 Å². The van der Waals surface area contributed by atoms with E-state index in [1.807, 2.05) is 0 Å². The zero-order chi connectivity index (χ0) is 26.9. The van der Waals surface area contributed by atoms with Gasteiger partial charge in [-0.1, -0.05) is 162 Å². The van der Waals surface area contributed by atoms with Crippen molar-refractivity contribution in [2.45, 2.75) is 194 Å². The zero-order valence-corrected chi connectivity index (χ0v) is 25.7. The number of ether oxygens (including phenoxy) is 1. The molecule has 0 saturated heterocycles. The summed E-state index contributed by atoms with van der Waals surface area (Å²) in [5.41, 5.74) is 0. The Morgan fingerprint density at radius 1 is 0.432 bits per heavy atom. The summed E-state index contributed by atoms with van der Waals surface area (Å²) in [4.78, 5) is 11.8. The van der Waals surface area contributed by atoms with Gasteiger partial charge in [0, 0.05) is 6.42 Å². The van der Waals surface area contributed by atoms with Crippen molar-refractivity contribution in [3.63, 3.8) is 0 Å². The van der Waals surface area contributed by atoms with Gasteiger partial charge in [0.1, 0.15) is 0 Å². The van der Waals surface area contributed by atoms with Gasteiger partial charge in [-0.2, -0.15) is 0 Å². The van der Waals surface area contributed by atoms with Gasteiger partial charge in [0.05, 0.1) is 6.61 Å². The molecule has 0 aromatic heterocycles. The highest BCUT2D eigenvalue weighted by molar-refractivity contribution is 5.69. The average molecular weight is 524 g/mol. The van der Waals surface area contributed by atoms with E-state index < -0.39 is 0 Å². The smallest absolute Gasteiger partial charge is 0.305 e. The van der Waals surface area contributed by atoms with E-state index in [0.29, 0.717) is 13.0 Å². The van der Waals surface area contributed by atoms with E-state index in [9.17, 15) is 4.79 Å². The lowest BCUT2D eigenvalue weighted by atomic mass is 10.0. The van der Waals surface area contributed by atoms with Crippen molar-refractivity contribution in [3.8, 4) is 0 Å². The van der Waals surface area contributed by atoms with Crippen LogP contribution in [0.4, 0.5) is 0 Å². The molecular formula is C34H69NO2. The average Bonchev–Trinajstić information content (AvgIpc) is 2.90. The van der Waals surface area contributed by atoms with E-state index in [0.717, 1.165) is 32.4 Å². The van der Waals surface area contributed by atoms with Gasteiger partial charge in [-0.25, -0.2) is 0 Å². The molecule has 0 fully saturated rings. The summed E-state index contributed by atoms with van der Waals surface area (Å²) in [6, 6.07) is 0. The van der Waals surface area contributed by atoms with Crippen LogP contribution >= 0.6 is 0 Å². The Labute approximate surface area is 234 Å². The van der Waals surface area contributed by atoms with Gasteiger partial charge in [0.15, 0.2) is 0 Å². The van der Waals surface area contributed by atoms with E-state index in [-0.39, 0.29) is 5.97 Å². The van der Waals surface area contributed by atoms with Gasteiger partial charge in [0.2, 0.25) is 0 Å². The molecule has 0 bridgehead atoms. The topological polar surface area (TPSA) is 38.3 Å². The van der Waals surface area contributed by atoms with E-state index in [1.165, 1.54) is 154 Å². The first-order valence-electron chi connectivity index (χ1n) is 17.2. The van der Waals surface area contributed by atoms with Crippen LogP contribution in [0.3, 0.4) is 0 Å². The summed E-state index contributed by atoms with van der Waals surface area (Å²) < 4.78 is 5.39. The molecule has 3 nitrogen and oxygen atoms in total. The lowest BCUT2D eigenvalue weighted by Gasteiger charge is -2.07.